The molecule has 1 aliphatic heterocycles. The van der Waals surface area contributed by atoms with E-state index in [1.165, 1.54) is 6.07 Å². The average Bonchev–Trinajstić information content (AvgIpc) is 2.18. The minimum Gasteiger partial charge on any atom is -0.478 e. The van der Waals surface area contributed by atoms with Gasteiger partial charge in [-0.2, -0.15) is 0 Å². The van der Waals surface area contributed by atoms with Gasteiger partial charge in [-0.3, -0.25) is 0 Å². The van der Waals surface area contributed by atoms with Gasteiger partial charge >= 0.3 is 11.9 Å². The normalized spacial score (nSPS) is 19.3. The highest BCUT2D eigenvalue weighted by molar-refractivity contribution is 6.31. The van der Waals surface area contributed by atoms with Crippen molar-refractivity contribution in [2.45, 2.75) is 12.5 Å². The van der Waals surface area contributed by atoms with Gasteiger partial charge in [-0.15, -0.1) is 0 Å². The van der Waals surface area contributed by atoms with Crippen LogP contribution in [0.1, 0.15) is 15.9 Å². The van der Waals surface area contributed by atoms with Crippen molar-refractivity contribution in [1.29, 1.82) is 0 Å². The number of hydrogen-bond acceptors (Lipinski definition) is 3. The summed E-state index contributed by atoms with van der Waals surface area (Å²) in [6, 6.07) is 4.75. The number of halogens is 1. The van der Waals surface area contributed by atoms with Crippen molar-refractivity contribution in [2.24, 2.45) is 0 Å². The van der Waals surface area contributed by atoms with Gasteiger partial charge in [0.15, 0.2) is 0 Å². The van der Waals surface area contributed by atoms with Gasteiger partial charge in [0, 0.05) is 11.4 Å². The molecule has 1 heterocycles. The summed E-state index contributed by atoms with van der Waals surface area (Å²) >= 11 is 5.72. The summed E-state index contributed by atoms with van der Waals surface area (Å²) < 4.78 is 4.73. The van der Waals surface area contributed by atoms with Crippen molar-refractivity contribution < 1.29 is 19.4 Å². The highest BCUT2D eigenvalue weighted by Gasteiger charge is 2.30. The van der Waals surface area contributed by atoms with Gasteiger partial charge in [-0.25, -0.2) is 9.59 Å². The Labute approximate surface area is 90.4 Å². The molecule has 1 unspecified atom stereocenters. The smallest absolute Gasteiger partial charge is 0.345 e. The standard InChI is InChI=1S/C10H7ClO4/c11-6-2-1-5-3-8(9(12)13)15-10(14)7(5)4-6/h1-2,4,8H,3H2,(H,12,13). The second kappa shape index (κ2) is 3.55. The molecule has 4 nitrogen and oxygen atoms in total. The largest absolute Gasteiger partial charge is 0.478 e. The number of rotatable bonds is 1. The van der Waals surface area contributed by atoms with E-state index in [4.69, 9.17) is 21.4 Å². The van der Waals surface area contributed by atoms with Crippen LogP contribution in [0.2, 0.25) is 5.02 Å². The molecule has 0 saturated heterocycles. The molecule has 78 valence electrons. The van der Waals surface area contributed by atoms with Crippen molar-refractivity contribution in [3.63, 3.8) is 0 Å². The Balaban J connectivity index is 2.41. The Hall–Kier alpha value is -1.55. The van der Waals surface area contributed by atoms with Crippen molar-refractivity contribution >= 4 is 23.5 Å². The molecule has 15 heavy (non-hydrogen) atoms. The van der Waals surface area contributed by atoms with E-state index in [0.29, 0.717) is 16.1 Å². The monoisotopic (exact) mass is 226 g/mol. The zero-order valence-electron chi connectivity index (χ0n) is 7.57. The third kappa shape index (κ3) is 1.80. The SMILES string of the molecule is O=C1OC(C(=O)O)Cc2ccc(Cl)cc21. The number of hydrogen-bond donors (Lipinski definition) is 1. The van der Waals surface area contributed by atoms with Crippen molar-refractivity contribution in [3.05, 3.63) is 34.3 Å². The third-order valence-electron chi connectivity index (χ3n) is 2.22. The summed E-state index contributed by atoms with van der Waals surface area (Å²) in [4.78, 5) is 22.1. The predicted octanol–water partition coefficient (Wildman–Crippen LogP) is 1.51. The average molecular weight is 227 g/mol. The van der Waals surface area contributed by atoms with Crippen molar-refractivity contribution in [1.82, 2.24) is 0 Å². The lowest BCUT2D eigenvalue weighted by Gasteiger charge is -2.21. The first-order chi connectivity index (χ1) is 7.08. The Bertz CT molecular complexity index is 441. The second-order valence-electron chi connectivity index (χ2n) is 3.24. The number of fused-ring (bicyclic) bond motifs is 1. The van der Waals surface area contributed by atoms with Gasteiger partial charge in [0.2, 0.25) is 6.10 Å². The molecule has 1 aromatic rings. The first-order valence-electron chi connectivity index (χ1n) is 4.30. The lowest BCUT2D eigenvalue weighted by atomic mass is 9.99. The molecule has 1 aliphatic rings. The maximum atomic E-state index is 11.4. The quantitative estimate of drug-likeness (QED) is 0.738. The Morgan fingerprint density at radius 3 is 2.93 bits per heavy atom. The molecule has 1 N–H and O–H groups in total. The Kier molecular flexibility index (Phi) is 2.36. The summed E-state index contributed by atoms with van der Waals surface area (Å²) in [5.74, 6) is -1.77. The number of carbonyl (C=O) groups excluding carboxylic acids is 1. The Morgan fingerprint density at radius 1 is 1.53 bits per heavy atom. The second-order valence-corrected chi connectivity index (χ2v) is 3.67. The van der Waals surface area contributed by atoms with Crippen LogP contribution in [-0.2, 0) is 16.0 Å². The van der Waals surface area contributed by atoms with Gasteiger partial charge in [0.1, 0.15) is 0 Å². The molecule has 0 fully saturated rings. The van der Waals surface area contributed by atoms with Crippen LogP contribution in [0.3, 0.4) is 0 Å². The molecule has 0 amide bonds. The maximum absolute atomic E-state index is 11.4. The summed E-state index contributed by atoms with van der Waals surface area (Å²) in [6.45, 7) is 0. The highest BCUT2D eigenvalue weighted by atomic mass is 35.5. The number of carboxylic acids is 1. The van der Waals surface area contributed by atoms with Gasteiger partial charge < -0.3 is 9.84 Å². The van der Waals surface area contributed by atoms with Crippen LogP contribution in [0.5, 0.6) is 0 Å². The number of benzene rings is 1. The van der Waals surface area contributed by atoms with Gasteiger partial charge in [0.25, 0.3) is 0 Å². The number of esters is 1. The molecular formula is C10H7ClO4. The molecule has 5 heteroatoms. The summed E-state index contributed by atoms with van der Waals surface area (Å²) in [5.41, 5.74) is 1.00. The molecule has 1 atom stereocenters. The van der Waals surface area contributed by atoms with Crippen molar-refractivity contribution in [2.75, 3.05) is 0 Å². The lowest BCUT2D eigenvalue weighted by Crippen LogP contribution is -2.34. The summed E-state index contributed by atoms with van der Waals surface area (Å²) in [5, 5.41) is 9.16. The van der Waals surface area contributed by atoms with Gasteiger partial charge in [-0.05, 0) is 17.7 Å². The first-order valence-corrected chi connectivity index (χ1v) is 4.68. The third-order valence-corrected chi connectivity index (χ3v) is 2.46. The van der Waals surface area contributed by atoms with Crippen LogP contribution < -0.4 is 0 Å². The van der Waals surface area contributed by atoms with E-state index in [1.807, 2.05) is 0 Å². The van der Waals surface area contributed by atoms with Gasteiger partial charge in [0.05, 0.1) is 5.56 Å². The van der Waals surface area contributed by atoms with E-state index < -0.39 is 18.0 Å². The summed E-state index contributed by atoms with van der Waals surface area (Å²) in [6.07, 6.45) is -0.903. The number of carbonyl (C=O) groups is 2. The zero-order valence-corrected chi connectivity index (χ0v) is 8.32. The molecule has 0 aromatic heterocycles. The molecule has 0 spiro atoms. The maximum Gasteiger partial charge on any atom is 0.345 e. The zero-order chi connectivity index (χ0) is 11.0. The molecule has 0 aliphatic carbocycles. The lowest BCUT2D eigenvalue weighted by molar-refractivity contribution is -0.147. The number of aliphatic carboxylic acids is 1. The van der Waals surface area contributed by atoms with E-state index in [1.54, 1.807) is 12.1 Å². The number of cyclic esters (lactones) is 1. The van der Waals surface area contributed by atoms with Crippen LogP contribution >= 0.6 is 11.6 Å². The molecule has 0 radical (unpaired) electrons. The number of carboxylic acid groups (broad SMARTS) is 1. The fourth-order valence-electron chi connectivity index (χ4n) is 1.49. The van der Waals surface area contributed by atoms with Crippen LogP contribution in [0.25, 0.3) is 0 Å². The van der Waals surface area contributed by atoms with E-state index in [-0.39, 0.29) is 6.42 Å². The Morgan fingerprint density at radius 2 is 2.27 bits per heavy atom. The highest BCUT2D eigenvalue weighted by Crippen LogP contribution is 2.23. The van der Waals surface area contributed by atoms with Crippen molar-refractivity contribution in [3.8, 4) is 0 Å². The minimum absolute atomic E-state index is 0.188. The summed E-state index contributed by atoms with van der Waals surface area (Å²) in [7, 11) is 0. The van der Waals surface area contributed by atoms with Crippen LogP contribution in [0, 0.1) is 0 Å². The van der Waals surface area contributed by atoms with E-state index in [9.17, 15) is 9.59 Å². The van der Waals surface area contributed by atoms with Crippen LogP contribution in [0.15, 0.2) is 18.2 Å². The minimum atomic E-state index is -1.14. The topological polar surface area (TPSA) is 63.6 Å². The molecule has 2 rings (SSSR count). The first kappa shape index (κ1) is 9.98. The van der Waals surface area contributed by atoms with E-state index in [2.05, 4.69) is 0 Å². The molecular weight excluding hydrogens is 220 g/mol. The van der Waals surface area contributed by atoms with Crippen LogP contribution in [0.4, 0.5) is 0 Å². The number of ether oxygens (including phenoxy) is 1. The molecule has 0 bridgehead atoms. The van der Waals surface area contributed by atoms with Crippen LogP contribution in [-0.4, -0.2) is 23.1 Å². The van der Waals surface area contributed by atoms with E-state index >= 15 is 0 Å². The predicted molar refractivity (Wildman–Crippen MR) is 52.0 cm³/mol. The van der Waals surface area contributed by atoms with E-state index in [0.717, 1.165) is 0 Å². The molecule has 1 aromatic carbocycles. The van der Waals surface area contributed by atoms with Gasteiger partial charge in [-0.1, -0.05) is 17.7 Å². The molecule has 0 saturated carbocycles. The fourth-order valence-corrected chi connectivity index (χ4v) is 1.66. The fraction of sp³-hybridized carbons (Fsp3) is 0.200.